The molecule has 188 valence electrons. The number of aliphatic hydroxyl groups is 1. The van der Waals surface area contributed by atoms with E-state index in [0.29, 0.717) is 6.42 Å². The minimum absolute atomic E-state index is 0.274. The summed E-state index contributed by atoms with van der Waals surface area (Å²) in [6, 6.07) is -5.52. The zero-order valence-corrected chi connectivity index (χ0v) is 18.9. The van der Waals surface area contributed by atoms with Gasteiger partial charge in [-0.25, -0.2) is 4.79 Å². The molecule has 11 N–H and O–H groups in total. The molecule has 0 bridgehead atoms. The first kappa shape index (κ1) is 29.7. The molecule has 0 heterocycles. The van der Waals surface area contributed by atoms with Crippen LogP contribution < -0.4 is 33.2 Å². The van der Waals surface area contributed by atoms with E-state index >= 15 is 0 Å². The predicted octanol–water partition coefficient (Wildman–Crippen LogP) is -3.58. The second-order valence-electron chi connectivity index (χ2n) is 7.77. The largest absolute Gasteiger partial charge is 0.480 e. The molecular weight excluding hydrogens is 440 g/mol. The van der Waals surface area contributed by atoms with Crippen LogP contribution in [0.15, 0.2) is 0 Å². The lowest BCUT2D eigenvalue weighted by Gasteiger charge is -2.28. The van der Waals surface area contributed by atoms with Crippen LogP contribution in [0.4, 0.5) is 0 Å². The topological polar surface area (TPSA) is 257 Å². The molecule has 0 aromatic carbocycles. The van der Waals surface area contributed by atoms with Gasteiger partial charge in [0.05, 0.1) is 12.5 Å². The minimum atomic E-state index is -1.66. The maximum atomic E-state index is 12.9. The van der Waals surface area contributed by atoms with Crippen LogP contribution in [0, 0.1) is 5.92 Å². The van der Waals surface area contributed by atoms with Gasteiger partial charge in [0.2, 0.25) is 29.5 Å². The molecule has 0 saturated carbocycles. The van der Waals surface area contributed by atoms with Gasteiger partial charge in [0, 0.05) is 6.42 Å². The summed E-state index contributed by atoms with van der Waals surface area (Å²) >= 11 is 0. The normalized spacial score (nSPS) is 16.3. The maximum absolute atomic E-state index is 12.9. The van der Waals surface area contributed by atoms with Crippen molar-refractivity contribution in [3.05, 3.63) is 0 Å². The lowest BCUT2D eigenvalue weighted by molar-refractivity contribution is -0.144. The van der Waals surface area contributed by atoms with Gasteiger partial charge in [-0.3, -0.25) is 24.0 Å². The van der Waals surface area contributed by atoms with Crippen LogP contribution in [0.25, 0.3) is 0 Å². The molecule has 0 saturated heterocycles. The van der Waals surface area contributed by atoms with Crippen molar-refractivity contribution in [1.82, 2.24) is 16.0 Å². The van der Waals surface area contributed by atoms with E-state index in [0.717, 1.165) is 0 Å². The van der Waals surface area contributed by atoms with Crippen LogP contribution in [-0.4, -0.2) is 76.0 Å². The summed E-state index contributed by atoms with van der Waals surface area (Å²) in [5.74, 6) is -6.29. The van der Waals surface area contributed by atoms with E-state index in [1.807, 2.05) is 0 Å². The first-order chi connectivity index (χ1) is 15.2. The molecule has 0 rings (SSSR count). The van der Waals surface area contributed by atoms with E-state index < -0.39 is 78.1 Å². The monoisotopic (exact) mass is 474 g/mol. The van der Waals surface area contributed by atoms with Crippen LogP contribution >= 0.6 is 0 Å². The Kier molecular flexibility index (Phi) is 12.6. The average molecular weight is 475 g/mol. The van der Waals surface area contributed by atoms with Gasteiger partial charge < -0.3 is 43.4 Å². The van der Waals surface area contributed by atoms with E-state index in [2.05, 4.69) is 16.0 Å². The number of hydrogen-bond donors (Lipinski definition) is 8. The van der Waals surface area contributed by atoms with Gasteiger partial charge in [0.1, 0.15) is 24.2 Å². The SMILES string of the molecule is CCC(C)C(NC(=O)C(N)C(C)O)C(=O)NC(CCC(N)=O)C(=O)NC(CC(N)=O)C(=O)O. The number of carboxylic acids is 1. The third-order valence-electron chi connectivity index (χ3n) is 4.95. The van der Waals surface area contributed by atoms with Crippen molar-refractivity contribution in [3.63, 3.8) is 0 Å². The number of nitrogens with two attached hydrogens (primary N) is 3. The number of aliphatic carboxylic acids is 1. The standard InChI is InChI=1S/C19H34N6O8/c1-4-8(2)15(25-17(30)14(22)9(3)26)18(31)23-10(5-6-12(20)27)16(29)24-11(19(32)33)7-13(21)28/h8-11,14-15,26H,4-7,22H2,1-3H3,(H2,20,27)(H2,21,28)(H,23,31)(H,24,29)(H,25,30)(H,32,33). The Morgan fingerprint density at radius 1 is 0.848 bits per heavy atom. The second-order valence-corrected chi connectivity index (χ2v) is 7.77. The molecule has 0 aliphatic heterocycles. The Bertz CT molecular complexity index is 744. The molecule has 0 fully saturated rings. The van der Waals surface area contributed by atoms with Crippen molar-refractivity contribution >= 4 is 35.5 Å². The van der Waals surface area contributed by atoms with Crippen molar-refractivity contribution in [3.8, 4) is 0 Å². The molecule has 0 aromatic heterocycles. The van der Waals surface area contributed by atoms with Gasteiger partial charge in [-0.1, -0.05) is 20.3 Å². The van der Waals surface area contributed by atoms with Crippen LogP contribution in [0.5, 0.6) is 0 Å². The van der Waals surface area contributed by atoms with Crippen molar-refractivity contribution < 1.29 is 39.0 Å². The lowest BCUT2D eigenvalue weighted by Crippen LogP contribution is -2.59. The van der Waals surface area contributed by atoms with E-state index in [-0.39, 0.29) is 12.8 Å². The van der Waals surface area contributed by atoms with E-state index in [9.17, 15) is 39.0 Å². The molecule has 14 heteroatoms. The number of amides is 5. The first-order valence-corrected chi connectivity index (χ1v) is 10.3. The number of aliphatic hydroxyl groups excluding tert-OH is 1. The van der Waals surface area contributed by atoms with Gasteiger partial charge in [-0.05, 0) is 19.3 Å². The van der Waals surface area contributed by atoms with Crippen LogP contribution in [0.3, 0.4) is 0 Å². The van der Waals surface area contributed by atoms with Crippen molar-refractivity contribution in [2.24, 2.45) is 23.1 Å². The van der Waals surface area contributed by atoms with E-state index in [1.165, 1.54) is 6.92 Å². The highest BCUT2D eigenvalue weighted by Crippen LogP contribution is 2.10. The van der Waals surface area contributed by atoms with E-state index in [1.54, 1.807) is 13.8 Å². The fourth-order valence-electron chi connectivity index (χ4n) is 2.66. The summed E-state index contributed by atoms with van der Waals surface area (Å²) in [6.07, 6.45) is -2.03. The number of hydrogen-bond acceptors (Lipinski definition) is 8. The average Bonchev–Trinajstić information content (AvgIpc) is 2.71. The van der Waals surface area contributed by atoms with Crippen molar-refractivity contribution in [2.45, 2.75) is 76.7 Å². The van der Waals surface area contributed by atoms with Gasteiger partial charge in [-0.2, -0.15) is 0 Å². The third-order valence-corrected chi connectivity index (χ3v) is 4.95. The van der Waals surface area contributed by atoms with E-state index in [4.69, 9.17) is 17.2 Å². The molecule has 0 spiro atoms. The van der Waals surface area contributed by atoms with Crippen LogP contribution in [-0.2, 0) is 28.8 Å². The van der Waals surface area contributed by atoms with Gasteiger partial charge in [0.25, 0.3) is 0 Å². The number of nitrogens with one attached hydrogen (secondary N) is 3. The third kappa shape index (κ3) is 10.7. The molecule has 0 aromatic rings. The molecule has 33 heavy (non-hydrogen) atoms. The van der Waals surface area contributed by atoms with Gasteiger partial charge in [0.15, 0.2) is 0 Å². The fraction of sp³-hybridized carbons (Fsp3) is 0.684. The molecule has 5 amide bonds. The molecule has 6 atom stereocenters. The number of carbonyl (C=O) groups is 6. The van der Waals surface area contributed by atoms with Gasteiger partial charge in [-0.15, -0.1) is 0 Å². The summed E-state index contributed by atoms with van der Waals surface area (Å²) in [7, 11) is 0. The van der Waals surface area contributed by atoms with Gasteiger partial charge >= 0.3 is 5.97 Å². The van der Waals surface area contributed by atoms with Crippen LogP contribution in [0.1, 0.15) is 46.5 Å². The molecule has 14 nitrogen and oxygen atoms in total. The quantitative estimate of drug-likeness (QED) is 0.116. The summed E-state index contributed by atoms with van der Waals surface area (Å²) in [6.45, 7) is 4.71. The summed E-state index contributed by atoms with van der Waals surface area (Å²) in [5, 5.41) is 25.6. The minimum Gasteiger partial charge on any atom is -0.480 e. The lowest BCUT2D eigenvalue weighted by atomic mass is 9.96. The summed E-state index contributed by atoms with van der Waals surface area (Å²) in [5.41, 5.74) is 15.7. The zero-order valence-electron chi connectivity index (χ0n) is 18.9. The van der Waals surface area contributed by atoms with Crippen molar-refractivity contribution in [2.75, 3.05) is 0 Å². The molecule has 0 aliphatic carbocycles. The van der Waals surface area contributed by atoms with Crippen molar-refractivity contribution in [1.29, 1.82) is 0 Å². The number of carbonyl (C=O) groups excluding carboxylic acids is 5. The second kappa shape index (κ2) is 14.0. The molecular formula is C19H34N6O8. The molecule has 6 unspecified atom stereocenters. The Balaban J connectivity index is 5.66. The Morgan fingerprint density at radius 3 is 1.82 bits per heavy atom. The smallest absolute Gasteiger partial charge is 0.326 e. The Labute approximate surface area is 191 Å². The first-order valence-electron chi connectivity index (χ1n) is 10.3. The predicted molar refractivity (Wildman–Crippen MR) is 115 cm³/mol. The fourth-order valence-corrected chi connectivity index (χ4v) is 2.66. The number of primary amides is 2. The molecule has 0 radical (unpaired) electrons. The highest BCUT2D eigenvalue weighted by molar-refractivity contribution is 5.95. The number of rotatable bonds is 15. The summed E-state index contributed by atoms with van der Waals surface area (Å²) < 4.78 is 0. The van der Waals surface area contributed by atoms with Crippen LogP contribution in [0.2, 0.25) is 0 Å². The Morgan fingerprint density at radius 2 is 1.39 bits per heavy atom. The summed E-state index contributed by atoms with van der Waals surface area (Å²) in [4.78, 5) is 71.4. The molecule has 0 aliphatic rings. The highest BCUT2D eigenvalue weighted by Gasteiger charge is 2.33. The highest BCUT2D eigenvalue weighted by atomic mass is 16.4. The Hall–Kier alpha value is -3.26. The maximum Gasteiger partial charge on any atom is 0.326 e. The number of carboxylic acid groups (broad SMARTS) is 1. The zero-order chi connectivity index (χ0) is 25.9.